The fourth-order valence-electron chi connectivity index (χ4n) is 2.26. The number of thiazole rings is 1. The Bertz CT molecular complexity index is 1080. The van der Waals surface area contributed by atoms with E-state index in [4.69, 9.17) is 4.74 Å². The minimum atomic E-state index is -3.53. The summed E-state index contributed by atoms with van der Waals surface area (Å²) < 4.78 is 31.3. The molecule has 0 atom stereocenters. The number of sulfonamides is 1. The lowest BCUT2D eigenvalue weighted by molar-refractivity contribution is 0.0962. The monoisotopic (exact) mass is 406 g/mol. The fraction of sp³-hybridized carbons (Fsp3) is 0.176. The van der Waals surface area contributed by atoms with Crippen molar-refractivity contribution < 1.29 is 17.9 Å². The van der Waals surface area contributed by atoms with Crippen molar-refractivity contribution in [1.82, 2.24) is 14.7 Å². The largest absolute Gasteiger partial charge is 0.497 e. The molecule has 27 heavy (non-hydrogen) atoms. The van der Waals surface area contributed by atoms with Crippen LogP contribution < -0.4 is 15.6 Å². The highest BCUT2D eigenvalue weighted by Gasteiger charge is 2.17. The normalized spacial score (nSPS) is 11.6. The molecule has 0 spiro atoms. The van der Waals surface area contributed by atoms with Crippen LogP contribution in [0.25, 0.3) is 10.2 Å². The van der Waals surface area contributed by atoms with Gasteiger partial charge in [0.05, 0.1) is 22.2 Å². The summed E-state index contributed by atoms with van der Waals surface area (Å²) in [6.07, 6.45) is 0. The van der Waals surface area contributed by atoms with Crippen molar-refractivity contribution in [3.05, 3.63) is 48.0 Å². The van der Waals surface area contributed by atoms with Gasteiger partial charge in [0, 0.05) is 19.7 Å². The Kier molecular flexibility index (Phi) is 5.31. The van der Waals surface area contributed by atoms with Gasteiger partial charge in [0.15, 0.2) is 0 Å². The molecule has 0 aliphatic carbocycles. The molecule has 0 saturated heterocycles. The molecule has 0 fully saturated rings. The molecule has 1 aromatic heterocycles. The average molecular weight is 406 g/mol. The lowest BCUT2D eigenvalue weighted by Crippen LogP contribution is -2.29. The van der Waals surface area contributed by atoms with Gasteiger partial charge in [-0.25, -0.2) is 17.7 Å². The number of hydrogen-bond acceptors (Lipinski definition) is 7. The van der Waals surface area contributed by atoms with Gasteiger partial charge in [-0.2, -0.15) is 0 Å². The predicted molar refractivity (Wildman–Crippen MR) is 105 cm³/mol. The Hall–Kier alpha value is -2.69. The minimum Gasteiger partial charge on any atom is -0.497 e. The molecule has 1 heterocycles. The van der Waals surface area contributed by atoms with E-state index in [1.54, 1.807) is 7.11 Å². The molecule has 8 nitrogen and oxygen atoms in total. The first-order valence-electron chi connectivity index (χ1n) is 7.85. The smallest absolute Gasteiger partial charge is 0.269 e. The van der Waals surface area contributed by atoms with E-state index < -0.39 is 15.9 Å². The zero-order valence-electron chi connectivity index (χ0n) is 14.9. The minimum absolute atomic E-state index is 0.122. The number of anilines is 1. The van der Waals surface area contributed by atoms with Crippen LogP contribution in [0.2, 0.25) is 0 Å². The van der Waals surface area contributed by atoms with E-state index in [1.165, 1.54) is 49.7 Å². The summed E-state index contributed by atoms with van der Waals surface area (Å²) in [4.78, 5) is 16.7. The van der Waals surface area contributed by atoms with Gasteiger partial charge >= 0.3 is 0 Å². The van der Waals surface area contributed by atoms with Crippen molar-refractivity contribution in [2.45, 2.75) is 4.90 Å². The second kappa shape index (κ2) is 7.51. The van der Waals surface area contributed by atoms with Gasteiger partial charge in [0.25, 0.3) is 5.91 Å². The molecule has 0 saturated carbocycles. The number of aromatic nitrogens is 1. The molecule has 0 radical (unpaired) electrons. The molecule has 3 aromatic rings. The number of nitrogens with one attached hydrogen (secondary N) is 2. The first-order chi connectivity index (χ1) is 12.8. The van der Waals surface area contributed by atoms with E-state index in [2.05, 4.69) is 15.8 Å². The first kappa shape index (κ1) is 19.1. The van der Waals surface area contributed by atoms with Crippen molar-refractivity contribution in [2.75, 3.05) is 26.6 Å². The maximum absolute atomic E-state index is 12.3. The third-order valence-corrected chi connectivity index (χ3v) is 6.54. The van der Waals surface area contributed by atoms with Crippen LogP contribution in [0.15, 0.2) is 47.4 Å². The average Bonchev–Trinajstić information content (AvgIpc) is 3.08. The zero-order chi connectivity index (χ0) is 19.6. The highest BCUT2D eigenvalue weighted by molar-refractivity contribution is 7.89. The maximum atomic E-state index is 12.3. The molecular weight excluding hydrogens is 388 g/mol. The summed E-state index contributed by atoms with van der Waals surface area (Å²) in [6, 6.07) is 11.2. The van der Waals surface area contributed by atoms with Gasteiger partial charge < -0.3 is 4.74 Å². The van der Waals surface area contributed by atoms with Gasteiger partial charge in [0.1, 0.15) is 5.75 Å². The molecule has 0 bridgehead atoms. The van der Waals surface area contributed by atoms with Crippen molar-refractivity contribution in [1.29, 1.82) is 0 Å². The van der Waals surface area contributed by atoms with Crippen LogP contribution in [0.1, 0.15) is 10.4 Å². The molecule has 2 N–H and O–H groups in total. The summed E-state index contributed by atoms with van der Waals surface area (Å²) in [6.45, 7) is 0. The molecule has 10 heteroatoms. The maximum Gasteiger partial charge on any atom is 0.269 e. The fourth-order valence-corrected chi connectivity index (χ4v) is 4.01. The van der Waals surface area contributed by atoms with Crippen LogP contribution in [0.5, 0.6) is 5.75 Å². The number of nitrogens with zero attached hydrogens (tertiary/aromatic N) is 2. The van der Waals surface area contributed by atoms with Crippen LogP contribution in [-0.4, -0.2) is 44.8 Å². The lowest BCUT2D eigenvalue weighted by atomic mass is 10.2. The van der Waals surface area contributed by atoms with E-state index in [1.807, 2.05) is 18.2 Å². The number of amides is 1. The number of ether oxygens (including phenoxy) is 1. The number of benzene rings is 2. The van der Waals surface area contributed by atoms with Crippen molar-refractivity contribution in [3.8, 4) is 5.75 Å². The Morgan fingerprint density at radius 1 is 1.15 bits per heavy atom. The Labute approximate surface area is 160 Å². The summed E-state index contributed by atoms with van der Waals surface area (Å²) in [7, 11) is 0.970. The quantitative estimate of drug-likeness (QED) is 0.610. The molecule has 3 rings (SSSR count). The Morgan fingerprint density at radius 3 is 2.48 bits per heavy atom. The van der Waals surface area contributed by atoms with Gasteiger partial charge in [-0.1, -0.05) is 11.3 Å². The SMILES string of the molecule is COc1ccc2nc(NNC(=O)c3ccc(S(=O)(=O)N(C)C)cc3)sc2c1. The van der Waals surface area contributed by atoms with E-state index in [0.717, 1.165) is 20.3 Å². The number of rotatable bonds is 6. The summed E-state index contributed by atoms with van der Waals surface area (Å²) >= 11 is 1.37. The number of methoxy groups -OCH3 is 1. The molecule has 142 valence electrons. The lowest BCUT2D eigenvalue weighted by Gasteiger charge is -2.11. The zero-order valence-corrected chi connectivity index (χ0v) is 16.5. The standard InChI is InChI=1S/C17H18N4O4S2/c1-21(2)27(23,24)13-7-4-11(5-8-13)16(22)19-20-17-18-14-9-6-12(25-3)10-15(14)26-17/h4-10H,1-3H3,(H,18,20)(H,19,22). The van der Waals surface area contributed by atoms with Crippen LogP contribution in [0.3, 0.4) is 0 Å². The highest BCUT2D eigenvalue weighted by atomic mass is 32.2. The number of hydrogen-bond donors (Lipinski definition) is 2. The third-order valence-electron chi connectivity index (χ3n) is 3.77. The van der Waals surface area contributed by atoms with E-state index in [0.29, 0.717) is 10.7 Å². The van der Waals surface area contributed by atoms with Crippen LogP contribution in [0.4, 0.5) is 5.13 Å². The molecule has 0 aliphatic heterocycles. The molecule has 0 unspecified atom stereocenters. The van der Waals surface area contributed by atoms with Gasteiger partial charge in [-0.05, 0) is 42.5 Å². The van der Waals surface area contributed by atoms with E-state index >= 15 is 0 Å². The molecular formula is C17H18N4O4S2. The van der Waals surface area contributed by atoms with Gasteiger partial charge in [0.2, 0.25) is 15.2 Å². The third kappa shape index (κ3) is 4.02. The molecule has 0 aliphatic rings. The van der Waals surface area contributed by atoms with Gasteiger partial charge in [-0.3, -0.25) is 15.6 Å². The van der Waals surface area contributed by atoms with E-state index in [9.17, 15) is 13.2 Å². The van der Waals surface area contributed by atoms with Crippen LogP contribution >= 0.6 is 11.3 Å². The number of fused-ring (bicyclic) bond motifs is 1. The second-order valence-corrected chi connectivity index (χ2v) is 8.93. The van der Waals surface area contributed by atoms with Crippen LogP contribution in [-0.2, 0) is 10.0 Å². The number of carbonyl (C=O) groups is 1. The van der Waals surface area contributed by atoms with Crippen molar-refractivity contribution in [3.63, 3.8) is 0 Å². The summed E-state index contributed by atoms with van der Waals surface area (Å²) in [5.74, 6) is 0.329. The first-order valence-corrected chi connectivity index (χ1v) is 10.1. The van der Waals surface area contributed by atoms with E-state index in [-0.39, 0.29) is 4.90 Å². The predicted octanol–water partition coefficient (Wildman–Crippen LogP) is 2.31. The Balaban J connectivity index is 1.69. The number of hydrazine groups is 1. The highest BCUT2D eigenvalue weighted by Crippen LogP contribution is 2.28. The van der Waals surface area contributed by atoms with Crippen molar-refractivity contribution >= 4 is 42.6 Å². The van der Waals surface area contributed by atoms with Crippen LogP contribution in [0, 0.1) is 0 Å². The summed E-state index contributed by atoms with van der Waals surface area (Å²) in [5, 5.41) is 0.526. The Morgan fingerprint density at radius 2 is 1.85 bits per heavy atom. The molecule has 1 amide bonds. The number of carbonyl (C=O) groups excluding carboxylic acids is 1. The second-order valence-electron chi connectivity index (χ2n) is 5.74. The topological polar surface area (TPSA) is 101 Å². The summed E-state index contributed by atoms with van der Waals surface area (Å²) in [5.41, 5.74) is 6.44. The van der Waals surface area contributed by atoms with Crippen molar-refractivity contribution in [2.24, 2.45) is 0 Å². The molecule has 2 aromatic carbocycles. The van der Waals surface area contributed by atoms with Gasteiger partial charge in [-0.15, -0.1) is 0 Å².